The molecule has 0 saturated carbocycles. The number of hydrogen-bond donors (Lipinski definition) is 1. The normalized spacial score (nSPS) is 16.2. The molecule has 2 aromatic rings. The number of carbonyl (C=O) groups is 1. The summed E-state index contributed by atoms with van der Waals surface area (Å²) in [4.78, 5) is 16.0. The van der Waals surface area contributed by atoms with Crippen LogP contribution in [0.5, 0.6) is 0 Å². The van der Waals surface area contributed by atoms with Gasteiger partial charge in [-0.2, -0.15) is 0 Å². The molecule has 2 aromatic carbocycles. The minimum Gasteiger partial charge on any atom is -0.371 e. The highest BCUT2D eigenvalue weighted by molar-refractivity contribution is 6.30. The number of amides is 1. The van der Waals surface area contributed by atoms with Gasteiger partial charge in [0.25, 0.3) is 5.91 Å². The number of carbonyl (C=O) groups excluding carboxylic acids is 1. The van der Waals surface area contributed by atoms with E-state index in [0.717, 1.165) is 36.5 Å². The van der Waals surface area contributed by atoms with Crippen molar-refractivity contribution in [2.45, 2.75) is 31.8 Å². The molecule has 0 aliphatic carbocycles. The standard InChI is InChI=1S/C22H28ClN3O/c1-16(17-4-8-19(23)9-5-17)24-20-12-14-26(15-13-20)21-10-6-18(7-11-21)22(27)25(2)3/h4-11,16,20,24H,12-15H2,1-3H3. The molecule has 1 fully saturated rings. The zero-order valence-corrected chi connectivity index (χ0v) is 17.0. The molecule has 0 spiro atoms. The smallest absolute Gasteiger partial charge is 0.253 e. The molecular weight excluding hydrogens is 358 g/mol. The minimum absolute atomic E-state index is 0.0423. The van der Waals surface area contributed by atoms with Crippen LogP contribution in [0.3, 0.4) is 0 Å². The van der Waals surface area contributed by atoms with E-state index < -0.39 is 0 Å². The SMILES string of the molecule is CC(NC1CCN(c2ccc(C(=O)N(C)C)cc2)CC1)c1ccc(Cl)cc1. The topological polar surface area (TPSA) is 35.6 Å². The number of rotatable bonds is 5. The van der Waals surface area contributed by atoms with Gasteiger partial charge in [-0.15, -0.1) is 0 Å². The van der Waals surface area contributed by atoms with Gasteiger partial charge in [0, 0.05) is 55.5 Å². The van der Waals surface area contributed by atoms with Crippen LogP contribution in [-0.2, 0) is 0 Å². The molecule has 0 aromatic heterocycles. The van der Waals surface area contributed by atoms with Crippen LogP contribution in [0.2, 0.25) is 5.02 Å². The number of piperidine rings is 1. The Morgan fingerprint density at radius 2 is 1.67 bits per heavy atom. The molecule has 3 rings (SSSR count). The zero-order chi connectivity index (χ0) is 19.4. The fraction of sp³-hybridized carbons (Fsp3) is 0.409. The highest BCUT2D eigenvalue weighted by atomic mass is 35.5. The van der Waals surface area contributed by atoms with Gasteiger partial charge >= 0.3 is 0 Å². The molecule has 0 bridgehead atoms. The van der Waals surface area contributed by atoms with E-state index in [1.807, 2.05) is 24.3 Å². The van der Waals surface area contributed by atoms with E-state index in [1.165, 1.54) is 11.3 Å². The van der Waals surface area contributed by atoms with Crippen molar-refractivity contribution in [2.75, 3.05) is 32.1 Å². The molecule has 1 unspecified atom stereocenters. The third kappa shape index (κ3) is 5.02. The van der Waals surface area contributed by atoms with Gasteiger partial charge in [0.2, 0.25) is 0 Å². The van der Waals surface area contributed by atoms with Gasteiger partial charge in [-0.25, -0.2) is 0 Å². The molecule has 0 radical (unpaired) electrons. The highest BCUT2D eigenvalue weighted by Gasteiger charge is 2.21. The summed E-state index contributed by atoms with van der Waals surface area (Å²) >= 11 is 5.98. The first kappa shape index (κ1) is 19.7. The van der Waals surface area contributed by atoms with Gasteiger partial charge in [-0.3, -0.25) is 4.79 Å². The first-order valence-electron chi connectivity index (χ1n) is 9.52. The molecule has 1 saturated heterocycles. The van der Waals surface area contributed by atoms with Crippen molar-refractivity contribution in [3.05, 3.63) is 64.7 Å². The van der Waals surface area contributed by atoms with Crippen LogP contribution in [0.25, 0.3) is 0 Å². The summed E-state index contributed by atoms with van der Waals surface area (Å²) in [7, 11) is 3.55. The van der Waals surface area contributed by atoms with Gasteiger partial charge in [0.1, 0.15) is 0 Å². The molecule has 1 aliphatic rings. The third-order valence-corrected chi connectivity index (χ3v) is 5.49. The van der Waals surface area contributed by atoms with Gasteiger partial charge in [-0.05, 0) is 61.7 Å². The lowest BCUT2D eigenvalue weighted by Crippen LogP contribution is -2.43. The molecule has 1 atom stereocenters. The van der Waals surface area contributed by atoms with E-state index in [-0.39, 0.29) is 5.91 Å². The van der Waals surface area contributed by atoms with Crippen molar-refractivity contribution in [2.24, 2.45) is 0 Å². The summed E-state index contributed by atoms with van der Waals surface area (Å²) < 4.78 is 0. The summed E-state index contributed by atoms with van der Waals surface area (Å²) in [6.45, 7) is 4.24. The quantitative estimate of drug-likeness (QED) is 0.830. The van der Waals surface area contributed by atoms with E-state index in [0.29, 0.717) is 12.1 Å². The highest BCUT2D eigenvalue weighted by Crippen LogP contribution is 2.23. The van der Waals surface area contributed by atoms with Crippen LogP contribution in [-0.4, -0.2) is 44.0 Å². The van der Waals surface area contributed by atoms with Crippen LogP contribution >= 0.6 is 11.6 Å². The van der Waals surface area contributed by atoms with Crippen LogP contribution in [0.1, 0.15) is 41.7 Å². The Hall–Kier alpha value is -2.04. The maximum Gasteiger partial charge on any atom is 0.253 e. The van der Waals surface area contributed by atoms with Crippen LogP contribution < -0.4 is 10.2 Å². The minimum atomic E-state index is 0.0423. The van der Waals surface area contributed by atoms with Crippen molar-refractivity contribution in [3.8, 4) is 0 Å². The van der Waals surface area contributed by atoms with Gasteiger partial charge in [0.15, 0.2) is 0 Å². The molecule has 27 heavy (non-hydrogen) atoms. The Morgan fingerprint density at radius 3 is 2.22 bits per heavy atom. The first-order valence-corrected chi connectivity index (χ1v) is 9.90. The summed E-state index contributed by atoms with van der Waals surface area (Å²) in [5.41, 5.74) is 3.19. The Bertz CT molecular complexity index is 750. The first-order chi connectivity index (χ1) is 12.9. The zero-order valence-electron chi connectivity index (χ0n) is 16.3. The molecule has 4 nitrogen and oxygen atoms in total. The fourth-order valence-corrected chi connectivity index (χ4v) is 3.70. The lowest BCUT2D eigenvalue weighted by molar-refractivity contribution is 0.0827. The largest absolute Gasteiger partial charge is 0.371 e. The molecule has 144 valence electrons. The van der Waals surface area contributed by atoms with Crippen molar-refractivity contribution in [1.29, 1.82) is 0 Å². The summed E-state index contributed by atoms with van der Waals surface area (Å²) in [5.74, 6) is 0.0423. The number of nitrogens with zero attached hydrogens (tertiary/aromatic N) is 2. The van der Waals surface area contributed by atoms with E-state index in [9.17, 15) is 4.79 Å². The molecule has 5 heteroatoms. The van der Waals surface area contributed by atoms with Gasteiger partial charge < -0.3 is 15.1 Å². The van der Waals surface area contributed by atoms with E-state index in [1.54, 1.807) is 19.0 Å². The Labute approximate surface area is 167 Å². The molecule has 1 amide bonds. The predicted octanol–water partition coefficient (Wildman–Crippen LogP) is 4.36. The third-order valence-electron chi connectivity index (χ3n) is 5.24. The summed E-state index contributed by atoms with van der Waals surface area (Å²) in [6, 6.07) is 16.9. The maximum absolute atomic E-state index is 12.0. The number of hydrogen-bond acceptors (Lipinski definition) is 3. The number of anilines is 1. The average molecular weight is 386 g/mol. The summed E-state index contributed by atoms with van der Waals surface area (Å²) in [6.07, 6.45) is 2.21. The molecule has 1 N–H and O–H groups in total. The second-order valence-electron chi connectivity index (χ2n) is 7.45. The van der Waals surface area contributed by atoms with E-state index in [4.69, 9.17) is 11.6 Å². The number of nitrogens with one attached hydrogen (secondary N) is 1. The lowest BCUT2D eigenvalue weighted by Gasteiger charge is -2.35. The average Bonchev–Trinajstić information content (AvgIpc) is 2.68. The van der Waals surface area contributed by atoms with Gasteiger partial charge in [0.05, 0.1) is 0 Å². The van der Waals surface area contributed by atoms with Gasteiger partial charge in [-0.1, -0.05) is 23.7 Å². The monoisotopic (exact) mass is 385 g/mol. The summed E-state index contributed by atoms with van der Waals surface area (Å²) in [5, 5.41) is 4.52. The van der Waals surface area contributed by atoms with Crippen molar-refractivity contribution in [1.82, 2.24) is 10.2 Å². The van der Waals surface area contributed by atoms with E-state index in [2.05, 4.69) is 41.4 Å². The fourth-order valence-electron chi connectivity index (χ4n) is 3.58. The second kappa shape index (κ2) is 8.77. The Morgan fingerprint density at radius 1 is 1.07 bits per heavy atom. The predicted molar refractivity (Wildman–Crippen MR) is 113 cm³/mol. The Balaban J connectivity index is 1.52. The van der Waals surface area contributed by atoms with Crippen molar-refractivity contribution < 1.29 is 4.79 Å². The van der Waals surface area contributed by atoms with Crippen LogP contribution in [0.15, 0.2) is 48.5 Å². The molecule has 1 heterocycles. The number of halogens is 1. The van der Waals surface area contributed by atoms with Crippen LogP contribution in [0, 0.1) is 0 Å². The second-order valence-corrected chi connectivity index (χ2v) is 7.88. The lowest BCUT2D eigenvalue weighted by atomic mass is 10.0. The molecule has 1 aliphatic heterocycles. The van der Waals surface area contributed by atoms with E-state index >= 15 is 0 Å². The number of benzene rings is 2. The van der Waals surface area contributed by atoms with Crippen molar-refractivity contribution >= 4 is 23.2 Å². The van der Waals surface area contributed by atoms with Crippen LogP contribution in [0.4, 0.5) is 5.69 Å². The maximum atomic E-state index is 12.0. The molecular formula is C22H28ClN3O. The Kier molecular flexibility index (Phi) is 6.40. The van der Waals surface area contributed by atoms with Crippen molar-refractivity contribution in [3.63, 3.8) is 0 Å².